The molecule has 3 rings (SSSR count). The molecule has 0 amide bonds. The van der Waals surface area contributed by atoms with Gasteiger partial charge in [-0.25, -0.2) is 8.42 Å². The molecule has 0 N–H and O–H groups in total. The molecule has 0 saturated heterocycles. The number of thioether (sulfide) groups is 1. The Bertz CT molecular complexity index is 969. The van der Waals surface area contributed by atoms with Gasteiger partial charge in [-0.3, -0.25) is 0 Å². The average Bonchev–Trinajstić information content (AvgIpc) is 3.06. The molecular formula is C17H18N4O2S2. The summed E-state index contributed by atoms with van der Waals surface area (Å²) in [5.41, 5.74) is 3.21. The maximum atomic E-state index is 12.3. The summed E-state index contributed by atoms with van der Waals surface area (Å²) in [7, 11) is -3.30. The first-order chi connectivity index (χ1) is 12.0. The van der Waals surface area contributed by atoms with Crippen LogP contribution in [0.3, 0.4) is 0 Å². The van der Waals surface area contributed by atoms with Crippen LogP contribution in [0.1, 0.15) is 11.1 Å². The Morgan fingerprint density at radius 1 is 1.04 bits per heavy atom. The van der Waals surface area contributed by atoms with E-state index >= 15 is 0 Å². The number of tetrazole rings is 1. The Kier molecular flexibility index (Phi) is 5.19. The lowest BCUT2D eigenvalue weighted by Gasteiger charge is -2.07. The molecule has 0 spiro atoms. The number of nitrogens with zero attached hydrogens (tertiary/aromatic N) is 4. The second-order valence-electron chi connectivity index (χ2n) is 5.62. The van der Waals surface area contributed by atoms with Crippen molar-refractivity contribution in [1.82, 2.24) is 20.2 Å². The lowest BCUT2D eigenvalue weighted by atomic mass is 10.1. The molecule has 3 aromatic rings. The molecule has 1 aromatic heterocycles. The monoisotopic (exact) mass is 374 g/mol. The van der Waals surface area contributed by atoms with Crippen molar-refractivity contribution in [2.24, 2.45) is 0 Å². The van der Waals surface area contributed by atoms with Gasteiger partial charge in [0, 0.05) is 5.75 Å². The zero-order chi connectivity index (χ0) is 17.9. The molecule has 0 bridgehead atoms. The highest BCUT2D eigenvalue weighted by Crippen LogP contribution is 2.21. The van der Waals surface area contributed by atoms with Crippen LogP contribution in [0.5, 0.6) is 0 Å². The first kappa shape index (κ1) is 17.6. The van der Waals surface area contributed by atoms with Crippen LogP contribution in [0.15, 0.2) is 58.6 Å². The highest BCUT2D eigenvalue weighted by molar-refractivity contribution is 8.00. The Labute approximate surface area is 151 Å². The van der Waals surface area contributed by atoms with Crippen LogP contribution >= 0.6 is 11.8 Å². The summed E-state index contributed by atoms with van der Waals surface area (Å²) in [5.74, 6) is 0.407. The maximum absolute atomic E-state index is 12.3. The third kappa shape index (κ3) is 4.08. The van der Waals surface area contributed by atoms with Gasteiger partial charge < -0.3 is 0 Å². The van der Waals surface area contributed by atoms with E-state index in [1.54, 1.807) is 35.0 Å². The predicted molar refractivity (Wildman–Crippen MR) is 97.8 cm³/mol. The summed E-state index contributed by atoms with van der Waals surface area (Å²) in [6.07, 6.45) is 0. The number of aryl methyl sites for hydroxylation is 2. The molecule has 2 aromatic carbocycles. The third-order valence-corrected chi connectivity index (χ3v) is 6.77. The Morgan fingerprint density at radius 3 is 2.52 bits per heavy atom. The van der Waals surface area contributed by atoms with E-state index in [1.807, 2.05) is 32.0 Å². The first-order valence-electron chi connectivity index (χ1n) is 7.74. The van der Waals surface area contributed by atoms with E-state index in [2.05, 4.69) is 15.5 Å². The lowest BCUT2D eigenvalue weighted by molar-refractivity contribution is 0.597. The normalized spacial score (nSPS) is 11.6. The number of rotatable bonds is 6. The van der Waals surface area contributed by atoms with Gasteiger partial charge in [-0.1, -0.05) is 36.0 Å². The maximum Gasteiger partial charge on any atom is 0.214 e. The largest absolute Gasteiger partial charge is 0.224 e. The summed E-state index contributed by atoms with van der Waals surface area (Å²) < 4.78 is 26.3. The number of benzene rings is 2. The summed E-state index contributed by atoms with van der Waals surface area (Å²) in [5, 5.41) is 12.3. The zero-order valence-electron chi connectivity index (χ0n) is 14.0. The second-order valence-corrected chi connectivity index (χ2v) is 8.79. The molecule has 0 fully saturated rings. The topological polar surface area (TPSA) is 77.7 Å². The van der Waals surface area contributed by atoms with Crippen LogP contribution in [-0.4, -0.2) is 40.1 Å². The van der Waals surface area contributed by atoms with E-state index in [0.29, 0.717) is 15.8 Å². The van der Waals surface area contributed by atoms with E-state index in [4.69, 9.17) is 0 Å². The molecule has 6 nitrogen and oxygen atoms in total. The van der Waals surface area contributed by atoms with E-state index in [1.165, 1.54) is 17.3 Å². The molecule has 8 heteroatoms. The molecular weight excluding hydrogens is 356 g/mol. The van der Waals surface area contributed by atoms with Crippen LogP contribution in [0.25, 0.3) is 5.69 Å². The number of hydrogen-bond acceptors (Lipinski definition) is 6. The van der Waals surface area contributed by atoms with Crippen molar-refractivity contribution in [1.29, 1.82) is 0 Å². The van der Waals surface area contributed by atoms with Crippen molar-refractivity contribution in [3.8, 4) is 5.69 Å². The van der Waals surface area contributed by atoms with Crippen molar-refractivity contribution in [3.63, 3.8) is 0 Å². The van der Waals surface area contributed by atoms with Gasteiger partial charge >= 0.3 is 0 Å². The summed E-state index contributed by atoms with van der Waals surface area (Å²) in [6.45, 7) is 4.07. The van der Waals surface area contributed by atoms with Gasteiger partial charge in [0.05, 0.1) is 16.3 Å². The van der Waals surface area contributed by atoms with E-state index in [0.717, 1.165) is 11.3 Å². The standard InChI is InChI=1S/C17H18N4O2S2/c1-13-8-9-15(12-14(13)2)21-17(18-19-20-21)24-10-11-25(22,23)16-6-4-3-5-7-16/h3-9,12H,10-11H2,1-2H3. The smallest absolute Gasteiger partial charge is 0.214 e. The number of sulfone groups is 1. The van der Waals surface area contributed by atoms with Gasteiger partial charge in [-0.2, -0.15) is 4.68 Å². The van der Waals surface area contributed by atoms with Gasteiger partial charge in [0.25, 0.3) is 0 Å². The minimum atomic E-state index is -3.30. The molecule has 0 aliphatic heterocycles. The highest BCUT2D eigenvalue weighted by atomic mass is 32.2. The fraction of sp³-hybridized carbons (Fsp3) is 0.235. The van der Waals surface area contributed by atoms with Gasteiger partial charge in [0.2, 0.25) is 5.16 Å². The van der Waals surface area contributed by atoms with Crippen LogP contribution in [0.4, 0.5) is 0 Å². The molecule has 0 atom stereocenters. The highest BCUT2D eigenvalue weighted by Gasteiger charge is 2.16. The average molecular weight is 374 g/mol. The summed E-state index contributed by atoms with van der Waals surface area (Å²) in [6, 6.07) is 14.4. The number of hydrogen-bond donors (Lipinski definition) is 0. The van der Waals surface area contributed by atoms with Gasteiger partial charge in [0.15, 0.2) is 9.84 Å². The Hall–Kier alpha value is -2.19. The van der Waals surface area contributed by atoms with Crippen LogP contribution in [0.2, 0.25) is 0 Å². The van der Waals surface area contributed by atoms with Crippen LogP contribution in [-0.2, 0) is 9.84 Å². The molecule has 0 aliphatic carbocycles. The van der Waals surface area contributed by atoms with E-state index < -0.39 is 9.84 Å². The van der Waals surface area contributed by atoms with Crippen molar-refractivity contribution in [2.75, 3.05) is 11.5 Å². The van der Waals surface area contributed by atoms with E-state index in [9.17, 15) is 8.42 Å². The van der Waals surface area contributed by atoms with Crippen molar-refractivity contribution < 1.29 is 8.42 Å². The minimum Gasteiger partial charge on any atom is -0.224 e. The molecule has 0 saturated carbocycles. The van der Waals surface area contributed by atoms with Crippen molar-refractivity contribution in [2.45, 2.75) is 23.9 Å². The fourth-order valence-electron chi connectivity index (χ4n) is 2.28. The van der Waals surface area contributed by atoms with Crippen molar-refractivity contribution in [3.05, 3.63) is 59.7 Å². The second kappa shape index (κ2) is 7.37. The Morgan fingerprint density at radius 2 is 1.80 bits per heavy atom. The molecule has 0 radical (unpaired) electrons. The number of aromatic nitrogens is 4. The van der Waals surface area contributed by atoms with Crippen LogP contribution < -0.4 is 0 Å². The van der Waals surface area contributed by atoms with Crippen molar-refractivity contribution >= 4 is 21.6 Å². The first-order valence-corrected chi connectivity index (χ1v) is 10.4. The molecule has 0 aliphatic rings. The SMILES string of the molecule is Cc1ccc(-n2nnnc2SCCS(=O)(=O)c2ccccc2)cc1C. The summed E-state index contributed by atoms with van der Waals surface area (Å²) >= 11 is 1.33. The molecule has 130 valence electrons. The third-order valence-electron chi connectivity index (χ3n) is 3.86. The van der Waals surface area contributed by atoms with E-state index in [-0.39, 0.29) is 5.75 Å². The molecule has 25 heavy (non-hydrogen) atoms. The van der Waals surface area contributed by atoms with Gasteiger partial charge in [-0.05, 0) is 59.7 Å². The summed E-state index contributed by atoms with van der Waals surface area (Å²) in [4.78, 5) is 0.337. The minimum absolute atomic E-state index is 0.0292. The van der Waals surface area contributed by atoms with Gasteiger partial charge in [0.1, 0.15) is 0 Å². The predicted octanol–water partition coefficient (Wildman–Crippen LogP) is 2.85. The molecule has 0 unspecified atom stereocenters. The lowest BCUT2D eigenvalue weighted by Crippen LogP contribution is -2.09. The zero-order valence-corrected chi connectivity index (χ0v) is 15.6. The fourth-order valence-corrected chi connectivity index (χ4v) is 4.84. The quantitative estimate of drug-likeness (QED) is 0.618. The molecule has 1 heterocycles. The Balaban J connectivity index is 1.71. The van der Waals surface area contributed by atoms with Gasteiger partial charge in [-0.15, -0.1) is 5.10 Å². The van der Waals surface area contributed by atoms with Crippen LogP contribution in [0, 0.1) is 13.8 Å².